The van der Waals surface area contributed by atoms with Crippen LogP contribution in [0.2, 0.25) is 0 Å². The van der Waals surface area contributed by atoms with Crippen LogP contribution < -0.4 is 15.4 Å². The maximum atomic E-state index is 14.1. The van der Waals surface area contributed by atoms with Gasteiger partial charge in [-0.3, -0.25) is 9.59 Å². The molecule has 2 rings (SSSR count). The molecule has 39 heavy (non-hydrogen) atoms. The van der Waals surface area contributed by atoms with Gasteiger partial charge >= 0.3 is 6.09 Å². The Kier molecular flexibility index (Phi) is 11.5. The second kappa shape index (κ2) is 14.3. The molecule has 0 aliphatic rings. The fraction of sp³-hybridized carbons (Fsp3) is 0.433. The van der Waals surface area contributed by atoms with E-state index in [9.17, 15) is 19.5 Å². The van der Waals surface area contributed by atoms with Crippen LogP contribution in [0, 0.1) is 5.92 Å². The van der Waals surface area contributed by atoms with E-state index in [1.807, 2.05) is 19.9 Å². The number of amides is 3. The number of hydrogen-bond acceptors (Lipinski definition) is 6. The van der Waals surface area contributed by atoms with Gasteiger partial charge in [0.1, 0.15) is 23.4 Å². The number of nitrogens with one attached hydrogen (secondary N) is 2. The molecule has 3 amide bonds. The van der Waals surface area contributed by atoms with E-state index in [2.05, 4.69) is 17.2 Å². The maximum absolute atomic E-state index is 14.1. The molecular formula is C30H41N3O6. The summed E-state index contributed by atoms with van der Waals surface area (Å²) in [6, 6.07) is 11.8. The van der Waals surface area contributed by atoms with Gasteiger partial charge in [0.15, 0.2) is 0 Å². The summed E-state index contributed by atoms with van der Waals surface area (Å²) in [5.74, 6) is -0.646. The van der Waals surface area contributed by atoms with Crippen LogP contribution in [0.4, 0.5) is 10.5 Å². The molecule has 2 aromatic rings. The normalized spacial score (nSPS) is 13.4. The first-order valence-corrected chi connectivity index (χ1v) is 13.0. The SMILES string of the molecule is C=Cc1cccc(C(C(=O)Nc2ccc(OC)cc2)N(CCO)C(=O)C(NC(=O)OC(C)(C)C)C(C)CC)c1. The smallest absolute Gasteiger partial charge is 0.408 e. The van der Waals surface area contributed by atoms with E-state index in [4.69, 9.17) is 9.47 Å². The summed E-state index contributed by atoms with van der Waals surface area (Å²) in [7, 11) is 1.55. The van der Waals surface area contributed by atoms with Crippen molar-refractivity contribution in [2.45, 2.75) is 58.7 Å². The molecule has 3 unspecified atom stereocenters. The quantitative estimate of drug-likeness (QED) is 0.357. The summed E-state index contributed by atoms with van der Waals surface area (Å²) in [6.45, 7) is 12.2. The fourth-order valence-electron chi connectivity index (χ4n) is 3.98. The molecule has 0 heterocycles. The third kappa shape index (κ3) is 9.14. The number of hydrogen-bond donors (Lipinski definition) is 3. The summed E-state index contributed by atoms with van der Waals surface area (Å²) < 4.78 is 10.6. The number of nitrogens with zero attached hydrogens (tertiary/aromatic N) is 1. The van der Waals surface area contributed by atoms with Crippen LogP contribution in [-0.2, 0) is 14.3 Å². The molecule has 9 nitrogen and oxygen atoms in total. The van der Waals surface area contributed by atoms with Gasteiger partial charge in [-0.25, -0.2) is 4.79 Å². The molecule has 0 aliphatic heterocycles. The highest BCUT2D eigenvalue weighted by Gasteiger charge is 2.38. The molecule has 0 saturated heterocycles. The van der Waals surface area contributed by atoms with E-state index < -0.39 is 42.2 Å². The van der Waals surface area contributed by atoms with Gasteiger partial charge in [-0.15, -0.1) is 0 Å². The lowest BCUT2D eigenvalue weighted by Gasteiger charge is -2.35. The van der Waals surface area contributed by atoms with E-state index in [1.54, 1.807) is 76.4 Å². The third-order valence-corrected chi connectivity index (χ3v) is 6.15. The highest BCUT2D eigenvalue weighted by Crippen LogP contribution is 2.27. The van der Waals surface area contributed by atoms with Crippen molar-refractivity contribution in [2.24, 2.45) is 5.92 Å². The zero-order valence-electron chi connectivity index (χ0n) is 23.7. The lowest BCUT2D eigenvalue weighted by atomic mass is 9.95. The van der Waals surface area contributed by atoms with E-state index in [1.165, 1.54) is 4.90 Å². The molecule has 3 atom stereocenters. The van der Waals surface area contributed by atoms with Gasteiger partial charge in [0.05, 0.1) is 13.7 Å². The topological polar surface area (TPSA) is 117 Å². The van der Waals surface area contributed by atoms with Crippen molar-refractivity contribution < 1.29 is 29.0 Å². The number of alkyl carbamates (subject to hydrolysis) is 1. The van der Waals surface area contributed by atoms with Gasteiger partial charge in [-0.2, -0.15) is 0 Å². The van der Waals surface area contributed by atoms with E-state index in [0.29, 0.717) is 23.4 Å². The highest BCUT2D eigenvalue weighted by molar-refractivity contribution is 5.99. The summed E-state index contributed by atoms with van der Waals surface area (Å²) in [5.41, 5.74) is 1.04. The summed E-state index contributed by atoms with van der Waals surface area (Å²) in [6.07, 6.45) is 1.48. The van der Waals surface area contributed by atoms with E-state index in [-0.39, 0.29) is 12.5 Å². The minimum atomic E-state index is -1.11. The highest BCUT2D eigenvalue weighted by atomic mass is 16.6. The second-order valence-corrected chi connectivity index (χ2v) is 10.3. The average molecular weight is 540 g/mol. The first kappa shape index (κ1) is 31.4. The lowest BCUT2D eigenvalue weighted by molar-refractivity contribution is -0.142. The van der Waals surface area contributed by atoms with Crippen LogP contribution in [0.15, 0.2) is 55.1 Å². The predicted molar refractivity (Wildman–Crippen MR) is 152 cm³/mol. The Morgan fingerprint density at radius 2 is 1.79 bits per heavy atom. The van der Waals surface area contributed by atoms with Gasteiger partial charge in [-0.05, 0) is 68.1 Å². The first-order valence-electron chi connectivity index (χ1n) is 13.0. The van der Waals surface area contributed by atoms with Crippen molar-refractivity contribution in [3.05, 3.63) is 66.2 Å². The van der Waals surface area contributed by atoms with Crippen molar-refractivity contribution in [1.29, 1.82) is 0 Å². The molecule has 2 aromatic carbocycles. The number of rotatable bonds is 12. The van der Waals surface area contributed by atoms with Gasteiger partial charge in [0.25, 0.3) is 5.91 Å². The van der Waals surface area contributed by atoms with Crippen molar-refractivity contribution in [3.63, 3.8) is 0 Å². The molecule has 212 valence electrons. The Balaban J connectivity index is 2.53. The summed E-state index contributed by atoms with van der Waals surface area (Å²) in [4.78, 5) is 41.8. The molecule has 9 heteroatoms. The van der Waals surface area contributed by atoms with Crippen LogP contribution in [0.25, 0.3) is 6.08 Å². The maximum Gasteiger partial charge on any atom is 0.408 e. The molecule has 0 saturated carbocycles. The van der Waals surface area contributed by atoms with E-state index >= 15 is 0 Å². The van der Waals surface area contributed by atoms with Crippen molar-refractivity contribution in [2.75, 3.05) is 25.6 Å². The number of aliphatic hydroxyl groups is 1. The number of carbonyl (C=O) groups excluding carboxylic acids is 3. The number of benzene rings is 2. The Bertz CT molecular complexity index is 1130. The molecule has 0 spiro atoms. The Morgan fingerprint density at radius 3 is 2.33 bits per heavy atom. The van der Waals surface area contributed by atoms with Crippen molar-refractivity contribution in [3.8, 4) is 5.75 Å². The number of aliphatic hydroxyl groups excluding tert-OH is 1. The van der Waals surface area contributed by atoms with Crippen molar-refractivity contribution in [1.82, 2.24) is 10.2 Å². The Hall–Kier alpha value is -3.85. The summed E-state index contributed by atoms with van der Waals surface area (Å²) in [5, 5.41) is 15.5. The van der Waals surface area contributed by atoms with Gasteiger partial charge < -0.3 is 30.1 Å². The van der Waals surface area contributed by atoms with Gasteiger partial charge in [0.2, 0.25) is 5.91 Å². The minimum Gasteiger partial charge on any atom is -0.497 e. The Labute approximate surface area is 231 Å². The molecule has 0 aliphatic carbocycles. The van der Waals surface area contributed by atoms with Gasteiger partial charge in [0, 0.05) is 12.2 Å². The van der Waals surface area contributed by atoms with Crippen LogP contribution >= 0.6 is 0 Å². The fourth-order valence-corrected chi connectivity index (χ4v) is 3.98. The van der Waals surface area contributed by atoms with Crippen molar-refractivity contribution >= 4 is 29.7 Å². The monoisotopic (exact) mass is 539 g/mol. The standard InChI is InChI=1S/C30H41N3O6/c1-8-20(3)25(32-29(37)39-30(4,5)6)28(36)33(17-18-34)26(22-12-10-11-21(9-2)19-22)27(35)31-23-13-15-24(38-7)16-14-23/h9-16,19-20,25-26,34H,2,8,17-18H2,1,3-7H3,(H,31,35)(H,32,37). The van der Waals surface area contributed by atoms with E-state index in [0.717, 1.165) is 5.56 Å². The zero-order valence-corrected chi connectivity index (χ0v) is 23.7. The number of anilines is 1. The summed E-state index contributed by atoms with van der Waals surface area (Å²) >= 11 is 0. The molecule has 0 aromatic heterocycles. The van der Waals surface area contributed by atoms with Crippen LogP contribution in [0.1, 0.15) is 58.2 Å². The Morgan fingerprint density at radius 1 is 1.13 bits per heavy atom. The van der Waals surface area contributed by atoms with Gasteiger partial charge in [-0.1, -0.05) is 51.1 Å². The number of ether oxygens (including phenoxy) is 2. The minimum absolute atomic E-state index is 0.138. The molecule has 3 N–H and O–H groups in total. The number of carbonyl (C=O) groups is 3. The third-order valence-electron chi connectivity index (χ3n) is 6.15. The molecule has 0 radical (unpaired) electrons. The lowest BCUT2D eigenvalue weighted by Crippen LogP contribution is -2.55. The van der Waals surface area contributed by atoms with Crippen LogP contribution in [0.3, 0.4) is 0 Å². The molecular weight excluding hydrogens is 498 g/mol. The first-order chi connectivity index (χ1) is 18.4. The zero-order chi connectivity index (χ0) is 29.2. The second-order valence-electron chi connectivity index (χ2n) is 10.3. The van der Waals surface area contributed by atoms with Crippen LogP contribution in [0.5, 0.6) is 5.75 Å². The predicted octanol–water partition coefficient (Wildman–Crippen LogP) is 4.78. The largest absolute Gasteiger partial charge is 0.497 e. The molecule has 0 bridgehead atoms. The average Bonchev–Trinajstić information content (AvgIpc) is 2.90. The number of methoxy groups -OCH3 is 1. The molecule has 0 fully saturated rings. The van der Waals surface area contributed by atoms with Crippen LogP contribution in [-0.4, -0.2) is 59.8 Å².